The Kier molecular flexibility index (Phi) is 1.79. The minimum atomic E-state index is 0.596. The third-order valence-corrected chi connectivity index (χ3v) is 4.92. The highest BCUT2D eigenvalue weighted by molar-refractivity contribution is 5.13. The van der Waals surface area contributed by atoms with Crippen LogP contribution in [0.15, 0.2) is 0 Å². The first kappa shape index (κ1) is 9.00. The fourth-order valence-electron chi connectivity index (χ4n) is 3.95. The van der Waals surface area contributed by atoms with Gasteiger partial charge in [-0.25, -0.2) is 0 Å². The first-order valence-electron chi connectivity index (χ1n) is 6.46. The van der Waals surface area contributed by atoms with Crippen LogP contribution in [0.4, 0.5) is 0 Å². The van der Waals surface area contributed by atoms with E-state index in [9.17, 15) is 0 Å². The maximum Gasteiger partial charge on any atom is 0.0878 e. The van der Waals surface area contributed by atoms with Crippen LogP contribution < -0.4 is 0 Å². The van der Waals surface area contributed by atoms with E-state index in [1.807, 2.05) is 0 Å². The topological polar surface area (TPSA) is 25.1 Å². The molecule has 0 bridgehead atoms. The lowest BCUT2D eigenvalue weighted by Crippen LogP contribution is -2.33. The SMILES string of the molecule is C[C]1CCC2OC2C1C1CCC2OC2C1. The minimum Gasteiger partial charge on any atom is -0.370 e. The fraction of sp³-hybridized carbons (Fsp3) is 0.923. The molecule has 2 heteroatoms. The highest BCUT2D eigenvalue weighted by Gasteiger charge is 2.55. The summed E-state index contributed by atoms with van der Waals surface area (Å²) in [6, 6.07) is 0. The van der Waals surface area contributed by atoms with Gasteiger partial charge in [-0.2, -0.15) is 0 Å². The van der Waals surface area contributed by atoms with Gasteiger partial charge in [-0.3, -0.25) is 0 Å². The normalized spacial score (nSPS) is 58.2. The zero-order valence-corrected chi connectivity index (χ0v) is 9.32. The summed E-state index contributed by atoms with van der Waals surface area (Å²) in [7, 11) is 0. The molecule has 15 heavy (non-hydrogen) atoms. The summed E-state index contributed by atoms with van der Waals surface area (Å²) in [5.41, 5.74) is 0. The molecule has 4 rings (SSSR count). The van der Waals surface area contributed by atoms with Crippen molar-refractivity contribution in [3.63, 3.8) is 0 Å². The summed E-state index contributed by atoms with van der Waals surface area (Å²) in [5, 5.41) is 0. The molecule has 4 aliphatic rings. The van der Waals surface area contributed by atoms with Gasteiger partial charge in [-0.1, -0.05) is 6.92 Å². The van der Waals surface area contributed by atoms with E-state index in [1.165, 1.54) is 32.1 Å². The van der Waals surface area contributed by atoms with Crippen LogP contribution in [0.3, 0.4) is 0 Å². The average Bonchev–Trinajstić information content (AvgIpc) is 3.10. The molecule has 0 aromatic heterocycles. The molecule has 1 radical (unpaired) electrons. The number of fused-ring (bicyclic) bond motifs is 2. The Morgan fingerprint density at radius 1 is 1.00 bits per heavy atom. The number of ether oxygens (including phenoxy) is 2. The van der Waals surface area contributed by atoms with Crippen molar-refractivity contribution < 1.29 is 9.47 Å². The summed E-state index contributed by atoms with van der Waals surface area (Å²) in [6.07, 6.45) is 9.04. The molecule has 0 aromatic rings. The van der Waals surface area contributed by atoms with Crippen LogP contribution in [-0.4, -0.2) is 24.4 Å². The molecule has 0 amide bonds. The lowest BCUT2D eigenvalue weighted by atomic mass is 9.68. The van der Waals surface area contributed by atoms with Gasteiger partial charge < -0.3 is 9.47 Å². The van der Waals surface area contributed by atoms with Crippen LogP contribution in [0.25, 0.3) is 0 Å². The van der Waals surface area contributed by atoms with Crippen LogP contribution in [0.5, 0.6) is 0 Å². The molecule has 2 saturated heterocycles. The lowest BCUT2D eigenvalue weighted by Gasteiger charge is -2.34. The Morgan fingerprint density at radius 3 is 2.80 bits per heavy atom. The Morgan fingerprint density at radius 2 is 1.93 bits per heavy atom. The standard InChI is InChI=1S/C13H19O2/c1-7-2-4-10-13(15-10)12(7)8-3-5-9-11(6-8)14-9/h8-13H,2-6H2,1H3. The Hall–Kier alpha value is -0.0800. The summed E-state index contributed by atoms with van der Waals surface area (Å²) >= 11 is 0. The van der Waals surface area contributed by atoms with Gasteiger partial charge in [0, 0.05) is 0 Å². The van der Waals surface area contributed by atoms with Crippen molar-refractivity contribution in [3.8, 4) is 0 Å². The van der Waals surface area contributed by atoms with Gasteiger partial charge in [-0.15, -0.1) is 0 Å². The third kappa shape index (κ3) is 1.38. The minimum absolute atomic E-state index is 0.596. The van der Waals surface area contributed by atoms with Gasteiger partial charge in [0.25, 0.3) is 0 Å². The highest BCUT2D eigenvalue weighted by atomic mass is 16.6. The number of epoxide rings is 2. The molecule has 2 aliphatic carbocycles. The predicted octanol–water partition coefficient (Wildman–Crippen LogP) is 2.33. The van der Waals surface area contributed by atoms with Crippen LogP contribution in [0.1, 0.15) is 39.0 Å². The molecule has 2 saturated carbocycles. The molecular weight excluding hydrogens is 188 g/mol. The zero-order chi connectivity index (χ0) is 9.99. The smallest absolute Gasteiger partial charge is 0.0878 e. The van der Waals surface area contributed by atoms with E-state index in [4.69, 9.17) is 9.47 Å². The number of hydrogen-bond acceptors (Lipinski definition) is 2. The second-order valence-corrected chi connectivity index (χ2v) is 5.84. The Balaban J connectivity index is 1.50. The number of rotatable bonds is 1. The van der Waals surface area contributed by atoms with Gasteiger partial charge in [0.1, 0.15) is 0 Å². The molecule has 4 fully saturated rings. The second kappa shape index (κ2) is 2.98. The lowest BCUT2D eigenvalue weighted by molar-refractivity contribution is 0.216. The molecular formula is C13H19O2. The quantitative estimate of drug-likeness (QED) is 0.616. The molecule has 0 N–H and O–H groups in total. The van der Waals surface area contributed by atoms with E-state index in [-0.39, 0.29) is 0 Å². The van der Waals surface area contributed by atoms with E-state index >= 15 is 0 Å². The van der Waals surface area contributed by atoms with Crippen molar-refractivity contribution in [2.24, 2.45) is 11.8 Å². The molecule has 0 aromatic carbocycles. The summed E-state index contributed by atoms with van der Waals surface area (Å²) in [6.45, 7) is 2.35. The largest absolute Gasteiger partial charge is 0.370 e. The average molecular weight is 207 g/mol. The highest BCUT2D eigenvalue weighted by Crippen LogP contribution is 2.53. The molecule has 83 valence electrons. The van der Waals surface area contributed by atoms with E-state index in [0.717, 1.165) is 11.8 Å². The van der Waals surface area contributed by atoms with E-state index in [0.29, 0.717) is 24.4 Å². The number of hydrogen-bond donors (Lipinski definition) is 0. The maximum atomic E-state index is 5.80. The molecule has 2 nitrogen and oxygen atoms in total. The van der Waals surface area contributed by atoms with Crippen LogP contribution >= 0.6 is 0 Å². The second-order valence-electron chi connectivity index (χ2n) is 5.84. The van der Waals surface area contributed by atoms with Crippen molar-refractivity contribution in [2.45, 2.75) is 63.4 Å². The Bertz CT molecular complexity index is 276. The van der Waals surface area contributed by atoms with Crippen molar-refractivity contribution in [3.05, 3.63) is 5.92 Å². The zero-order valence-electron chi connectivity index (χ0n) is 9.32. The maximum absolute atomic E-state index is 5.80. The van der Waals surface area contributed by atoms with Crippen molar-refractivity contribution >= 4 is 0 Å². The monoisotopic (exact) mass is 207 g/mol. The van der Waals surface area contributed by atoms with Crippen LogP contribution in [0, 0.1) is 17.8 Å². The first-order valence-corrected chi connectivity index (χ1v) is 6.46. The van der Waals surface area contributed by atoms with Gasteiger partial charge in [0.05, 0.1) is 24.4 Å². The van der Waals surface area contributed by atoms with Gasteiger partial charge >= 0.3 is 0 Å². The third-order valence-electron chi connectivity index (χ3n) is 4.92. The molecule has 0 spiro atoms. The van der Waals surface area contributed by atoms with Gasteiger partial charge in [-0.05, 0) is 49.9 Å². The van der Waals surface area contributed by atoms with E-state index in [1.54, 1.807) is 5.92 Å². The summed E-state index contributed by atoms with van der Waals surface area (Å²) < 4.78 is 11.4. The Labute approximate surface area is 91.3 Å². The molecule has 6 atom stereocenters. The molecule has 2 heterocycles. The van der Waals surface area contributed by atoms with Crippen molar-refractivity contribution in [1.82, 2.24) is 0 Å². The summed E-state index contributed by atoms with van der Waals surface area (Å²) in [5.74, 6) is 3.34. The summed E-state index contributed by atoms with van der Waals surface area (Å²) in [4.78, 5) is 0. The van der Waals surface area contributed by atoms with E-state index in [2.05, 4.69) is 6.92 Å². The van der Waals surface area contributed by atoms with Gasteiger partial charge in [0.15, 0.2) is 0 Å². The van der Waals surface area contributed by atoms with Crippen molar-refractivity contribution in [2.75, 3.05) is 0 Å². The first-order chi connectivity index (χ1) is 7.33. The molecule has 6 unspecified atom stereocenters. The predicted molar refractivity (Wildman–Crippen MR) is 56.3 cm³/mol. The van der Waals surface area contributed by atoms with E-state index < -0.39 is 0 Å². The van der Waals surface area contributed by atoms with Crippen LogP contribution in [0.2, 0.25) is 0 Å². The van der Waals surface area contributed by atoms with Crippen molar-refractivity contribution in [1.29, 1.82) is 0 Å². The fourth-order valence-corrected chi connectivity index (χ4v) is 3.95. The van der Waals surface area contributed by atoms with Gasteiger partial charge in [0.2, 0.25) is 0 Å². The molecule has 2 aliphatic heterocycles. The van der Waals surface area contributed by atoms with Crippen LogP contribution in [-0.2, 0) is 9.47 Å².